The Hall–Kier alpha value is -3.23. The Bertz CT molecular complexity index is 902. The quantitative estimate of drug-likeness (QED) is 0.515. The minimum Gasteiger partial charge on any atom is -0.353 e. The van der Waals surface area contributed by atoms with E-state index in [2.05, 4.69) is 25.8 Å². The minimum atomic E-state index is -1.57. The summed E-state index contributed by atoms with van der Waals surface area (Å²) < 4.78 is 52.7. The van der Waals surface area contributed by atoms with Crippen LogP contribution in [-0.2, 0) is 6.42 Å². The van der Waals surface area contributed by atoms with Gasteiger partial charge in [-0.15, -0.1) is 5.10 Å². The molecule has 0 aliphatic rings. The molecule has 0 fully saturated rings. The first-order chi connectivity index (χ1) is 12.5. The molecule has 0 amide bonds. The number of hydrogen-bond acceptors (Lipinski definition) is 5. The summed E-state index contributed by atoms with van der Waals surface area (Å²) >= 11 is 0. The fourth-order valence-corrected chi connectivity index (χ4v) is 2.17. The average molecular weight is 363 g/mol. The highest BCUT2D eigenvalue weighted by molar-refractivity contribution is 5.57. The van der Waals surface area contributed by atoms with Gasteiger partial charge in [-0.1, -0.05) is 12.1 Å². The smallest absolute Gasteiger partial charge is 0.244 e. The standard InChI is InChI=1S/C17H13F4N5/c18-11-3-1-10(2-4-11)7-8-22-17-25-14(9-23-26-17)24-13-6-5-12(19)15(20)16(13)21/h1-6,9H,7-8H2,(H2,22,24,25,26). The zero-order valence-electron chi connectivity index (χ0n) is 13.3. The molecule has 0 atom stereocenters. The summed E-state index contributed by atoms with van der Waals surface area (Å²) in [5.41, 5.74) is 0.645. The van der Waals surface area contributed by atoms with Gasteiger partial charge in [-0.2, -0.15) is 10.1 Å². The molecule has 0 saturated heterocycles. The summed E-state index contributed by atoms with van der Waals surface area (Å²) in [5.74, 6) is -4.24. The van der Waals surface area contributed by atoms with Gasteiger partial charge in [0.05, 0.1) is 11.9 Å². The summed E-state index contributed by atoms with van der Waals surface area (Å²) in [7, 11) is 0. The van der Waals surface area contributed by atoms with Gasteiger partial charge in [0.2, 0.25) is 5.95 Å². The fourth-order valence-electron chi connectivity index (χ4n) is 2.17. The molecular formula is C17H13F4N5. The van der Waals surface area contributed by atoms with Crippen molar-refractivity contribution in [3.63, 3.8) is 0 Å². The highest BCUT2D eigenvalue weighted by Gasteiger charge is 2.14. The van der Waals surface area contributed by atoms with Crippen molar-refractivity contribution in [3.8, 4) is 0 Å². The van der Waals surface area contributed by atoms with Crippen molar-refractivity contribution in [2.24, 2.45) is 0 Å². The zero-order valence-corrected chi connectivity index (χ0v) is 13.3. The molecule has 0 aliphatic carbocycles. The van der Waals surface area contributed by atoms with E-state index in [1.807, 2.05) is 0 Å². The zero-order chi connectivity index (χ0) is 18.5. The van der Waals surface area contributed by atoms with Crippen molar-refractivity contribution >= 4 is 17.5 Å². The number of aromatic nitrogens is 3. The number of hydrogen-bond donors (Lipinski definition) is 2. The van der Waals surface area contributed by atoms with Crippen LogP contribution in [0.3, 0.4) is 0 Å². The molecule has 2 aromatic carbocycles. The molecule has 0 bridgehead atoms. The lowest BCUT2D eigenvalue weighted by molar-refractivity contribution is 0.449. The first-order valence-corrected chi connectivity index (χ1v) is 7.61. The largest absolute Gasteiger partial charge is 0.353 e. The first-order valence-electron chi connectivity index (χ1n) is 7.61. The Balaban J connectivity index is 1.63. The van der Waals surface area contributed by atoms with E-state index in [4.69, 9.17) is 0 Å². The highest BCUT2D eigenvalue weighted by Crippen LogP contribution is 2.22. The van der Waals surface area contributed by atoms with Crippen LogP contribution in [0.1, 0.15) is 5.56 Å². The third kappa shape index (κ3) is 4.24. The highest BCUT2D eigenvalue weighted by atomic mass is 19.2. The molecule has 134 valence electrons. The van der Waals surface area contributed by atoms with Crippen molar-refractivity contribution in [3.05, 3.63) is 71.4 Å². The number of benzene rings is 2. The second-order valence-electron chi connectivity index (χ2n) is 5.32. The van der Waals surface area contributed by atoms with E-state index in [9.17, 15) is 17.6 Å². The van der Waals surface area contributed by atoms with Crippen LogP contribution in [0.15, 0.2) is 42.6 Å². The molecule has 0 unspecified atom stereocenters. The lowest BCUT2D eigenvalue weighted by Crippen LogP contribution is -2.10. The van der Waals surface area contributed by atoms with E-state index < -0.39 is 17.5 Å². The Morgan fingerprint density at radius 1 is 0.885 bits per heavy atom. The van der Waals surface area contributed by atoms with Gasteiger partial charge in [-0.05, 0) is 36.2 Å². The maximum absolute atomic E-state index is 13.7. The number of anilines is 3. The minimum absolute atomic E-state index is 0.106. The molecule has 5 nitrogen and oxygen atoms in total. The van der Waals surface area contributed by atoms with Crippen molar-refractivity contribution in [1.82, 2.24) is 15.2 Å². The monoisotopic (exact) mass is 363 g/mol. The predicted molar refractivity (Wildman–Crippen MR) is 88.0 cm³/mol. The molecule has 3 aromatic rings. The van der Waals surface area contributed by atoms with E-state index in [-0.39, 0.29) is 23.3 Å². The summed E-state index contributed by atoms with van der Waals surface area (Å²) in [4.78, 5) is 4.07. The van der Waals surface area contributed by atoms with Crippen molar-refractivity contribution in [2.75, 3.05) is 17.2 Å². The van der Waals surface area contributed by atoms with Crippen LogP contribution < -0.4 is 10.6 Å². The lowest BCUT2D eigenvalue weighted by atomic mass is 10.1. The van der Waals surface area contributed by atoms with Gasteiger partial charge < -0.3 is 10.6 Å². The molecule has 0 saturated carbocycles. The Morgan fingerprint density at radius 2 is 1.65 bits per heavy atom. The van der Waals surface area contributed by atoms with Gasteiger partial charge in [0.25, 0.3) is 0 Å². The van der Waals surface area contributed by atoms with Gasteiger partial charge in [0.1, 0.15) is 5.82 Å². The molecule has 0 radical (unpaired) electrons. The van der Waals surface area contributed by atoms with Gasteiger partial charge in [-0.3, -0.25) is 0 Å². The SMILES string of the molecule is Fc1ccc(CCNc2nncc(Nc3ccc(F)c(F)c3F)n2)cc1. The third-order valence-corrected chi connectivity index (χ3v) is 3.47. The van der Waals surface area contributed by atoms with Crippen LogP contribution in [0.4, 0.5) is 35.0 Å². The van der Waals surface area contributed by atoms with Crippen LogP contribution in [-0.4, -0.2) is 21.7 Å². The Labute approximate surface area is 146 Å². The summed E-state index contributed by atoms with van der Waals surface area (Å²) in [5, 5.41) is 12.9. The normalized spacial score (nSPS) is 10.6. The van der Waals surface area contributed by atoms with Gasteiger partial charge in [0, 0.05) is 6.54 Å². The van der Waals surface area contributed by atoms with Gasteiger partial charge >= 0.3 is 0 Å². The Morgan fingerprint density at radius 3 is 2.42 bits per heavy atom. The van der Waals surface area contributed by atoms with Gasteiger partial charge in [0.15, 0.2) is 23.3 Å². The molecule has 2 N–H and O–H groups in total. The van der Waals surface area contributed by atoms with Crippen LogP contribution in [0, 0.1) is 23.3 Å². The van der Waals surface area contributed by atoms with Crippen molar-refractivity contribution in [1.29, 1.82) is 0 Å². The van der Waals surface area contributed by atoms with Crippen LogP contribution in [0.25, 0.3) is 0 Å². The van der Waals surface area contributed by atoms with Crippen LogP contribution in [0.5, 0.6) is 0 Å². The average Bonchev–Trinajstić information content (AvgIpc) is 2.64. The van der Waals surface area contributed by atoms with E-state index in [1.165, 1.54) is 18.3 Å². The van der Waals surface area contributed by atoms with E-state index in [1.54, 1.807) is 12.1 Å². The number of halogens is 4. The summed E-state index contributed by atoms with van der Waals surface area (Å²) in [6.07, 6.45) is 1.81. The summed E-state index contributed by atoms with van der Waals surface area (Å²) in [6, 6.07) is 7.93. The molecule has 9 heteroatoms. The summed E-state index contributed by atoms with van der Waals surface area (Å²) in [6.45, 7) is 0.455. The van der Waals surface area contributed by atoms with E-state index in [0.717, 1.165) is 17.7 Å². The molecule has 3 rings (SSSR count). The molecule has 1 aromatic heterocycles. The second kappa shape index (κ2) is 7.77. The molecule has 0 aliphatic heterocycles. The maximum atomic E-state index is 13.7. The topological polar surface area (TPSA) is 62.7 Å². The van der Waals surface area contributed by atoms with E-state index >= 15 is 0 Å². The van der Waals surface area contributed by atoms with Crippen LogP contribution >= 0.6 is 0 Å². The molecule has 26 heavy (non-hydrogen) atoms. The van der Waals surface area contributed by atoms with Crippen molar-refractivity contribution in [2.45, 2.75) is 6.42 Å². The number of rotatable bonds is 6. The van der Waals surface area contributed by atoms with E-state index in [0.29, 0.717) is 13.0 Å². The van der Waals surface area contributed by atoms with Crippen LogP contribution in [0.2, 0.25) is 0 Å². The van der Waals surface area contributed by atoms with Gasteiger partial charge in [-0.25, -0.2) is 17.6 Å². The predicted octanol–water partition coefficient (Wildman–Crippen LogP) is 3.83. The maximum Gasteiger partial charge on any atom is 0.244 e. The Kier molecular flexibility index (Phi) is 5.26. The molecular weight excluding hydrogens is 350 g/mol. The first kappa shape index (κ1) is 17.6. The molecule has 0 spiro atoms. The second-order valence-corrected chi connectivity index (χ2v) is 5.32. The number of nitrogens with zero attached hydrogens (tertiary/aromatic N) is 3. The molecule has 1 heterocycles. The lowest BCUT2D eigenvalue weighted by Gasteiger charge is -2.09. The number of nitrogens with one attached hydrogen (secondary N) is 2. The third-order valence-electron chi connectivity index (χ3n) is 3.47. The fraction of sp³-hybridized carbons (Fsp3) is 0.118. The van der Waals surface area contributed by atoms with Crippen molar-refractivity contribution < 1.29 is 17.6 Å².